The van der Waals surface area contributed by atoms with Gasteiger partial charge in [0.2, 0.25) is 0 Å². The first-order valence-corrected chi connectivity index (χ1v) is 6.71. The lowest BCUT2D eigenvalue weighted by Crippen LogP contribution is -2.44. The Morgan fingerprint density at radius 1 is 1.13 bits per heavy atom. The summed E-state index contributed by atoms with van der Waals surface area (Å²) in [6.45, 7) is 0.848. The second-order valence-electron chi connectivity index (χ2n) is 6.09. The zero-order valence-corrected chi connectivity index (χ0v) is 9.54. The van der Waals surface area contributed by atoms with E-state index in [9.17, 15) is 5.11 Å². The van der Waals surface area contributed by atoms with E-state index in [-0.39, 0.29) is 5.60 Å². The quantitative estimate of drug-likeness (QED) is 0.746. The molecule has 0 aromatic heterocycles. The summed E-state index contributed by atoms with van der Waals surface area (Å²) in [5.74, 6) is 1.94. The highest BCUT2D eigenvalue weighted by atomic mass is 16.3. The average Bonchev–Trinajstić information content (AvgIpc) is 2.90. The van der Waals surface area contributed by atoms with E-state index in [4.69, 9.17) is 0 Å². The van der Waals surface area contributed by atoms with Gasteiger partial charge in [-0.05, 0) is 43.9 Å². The first kappa shape index (κ1) is 10.1. The van der Waals surface area contributed by atoms with Gasteiger partial charge >= 0.3 is 0 Å². The van der Waals surface area contributed by atoms with E-state index in [0.29, 0.717) is 0 Å². The third kappa shape index (κ3) is 1.94. The lowest BCUT2D eigenvalue weighted by atomic mass is 9.94. The lowest BCUT2D eigenvalue weighted by molar-refractivity contribution is 0.0427. The van der Waals surface area contributed by atoms with Gasteiger partial charge in [-0.1, -0.05) is 19.3 Å². The normalized spacial score (nSPS) is 42.6. The Labute approximate surface area is 92.4 Å². The van der Waals surface area contributed by atoms with Crippen molar-refractivity contribution in [3.63, 3.8) is 0 Å². The molecule has 3 rings (SSSR count). The van der Waals surface area contributed by atoms with E-state index in [0.717, 1.165) is 37.3 Å². The summed E-state index contributed by atoms with van der Waals surface area (Å²) in [6.07, 6.45) is 10.2. The average molecular weight is 209 g/mol. The minimum Gasteiger partial charge on any atom is -0.389 e. The fourth-order valence-corrected chi connectivity index (χ4v) is 4.03. The number of aliphatic hydroxyl groups is 1. The van der Waals surface area contributed by atoms with Crippen molar-refractivity contribution in [2.24, 2.45) is 11.8 Å². The molecule has 3 aliphatic rings. The van der Waals surface area contributed by atoms with E-state index < -0.39 is 0 Å². The summed E-state index contributed by atoms with van der Waals surface area (Å²) < 4.78 is 0. The number of rotatable bonds is 3. The molecule has 3 atom stereocenters. The smallest absolute Gasteiger partial charge is 0.0771 e. The van der Waals surface area contributed by atoms with Crippen molar-refractivity contribution in [3.05, 3.63) is 0 Å². The highest BCUT2D eigenvalue weighted by Crippen LogP contribution is 2.44. The Morgan fingerprint density at radius 2 is 1.93 bits per heavy atom. The molecular weight excluding hydrogens is 186 g/mol. The van der Waals surface area contributed by atoms with Crippen molar-refractivity contribution in [1.29, 1.82) is 0 Å². The third-order valence-corrected chi connectivity index (χ3v) is 4.97. The van der Waals surface area contributed by atoms with Crippen LogP contribution < -0.4 is 5.32 Å². The molecule has 2 bridgehead atoms. The zero-order valence-electron chi connectivity index (χ0n) is 9.54. The van der Waals surface area contributed by atoms with Gasteiger partial charge in [-0.15, -0.1) is 0 Å². The topological polar surface area (TPSA) is 32.3 Å². The van der Waals surface area contributed by atoms with Crippen molar-refractivity contribution in [1.82, 2.24) is 5.32 Å². The largest absolute Gasteiger partial charge is 0.389 e. The van der Waals surface area contributed by atoms with Crippen molar-refractivity contribution in [2.45, 2.75) is 63.0 Å². The SMILES string of the molecule is OC1(CNC2CC3CCC2C3)CCCC1. The first-order chi connectivity index (χ1) is 7.25. The molecule has 0 amide bonds. The Balaban J connectivity index is 1.50. The fraction of sp³-hybridized carbons (Fsp3) is 1.00. The summed E-state index contributed by atoms with van der Waals surface area (Å²) in [5.41, 5.74) is -0.359. The van der Waals surface area contributed by atoms with E-state index in [1.54, 1.807) is 0 Å². The van der Waals surface area contributed by atoms with Crippen LogP contribution in [-0.2, 0) is 0 Å². The fourth-order valence-electron chi connectivity index (χ4n) is 4.03. The number of fused-ring (bicyclic) bond motifs is 2. The molecule has 0 aromatic carbocycles. The van der Waals surface area contributed by atoms with Crippen molar-refractivity contribution in [2.75, 3.05) is 6.54 Å². The molecule has 2 heteroatoms. The minimum atomic E-state index is -0.359. The third-order valence-electron chi connectivity index (χ3n) is 4.97. The van der Waals surface area contributed by atoms with Crippen molar-refractivity contribution >= 4 is 0 Å². The molecule has 0 saturated heterocycles. The number of hydrogen-bond donors (Lipinski definition) is 2. The molecule has 86 valence electrons. The Bertz CT molecular complexity index is 235. The maximum atomic E-state index is 10.3. The van der Waals surface area contributed by atoms with Gasteiger partial charge in [-0.2, -0.15) is 0 Å². The summed E-state index contributed by atoms with van der Waals surface area (Å²) in [7, 11) is 0. The second kappa shape index (κ2) is 3.74. The van der Waals surface area contributed by atoms with Crippen molar-refractivity contribution in [3.8, 4) is 0 Å². The molecule has 0 spiro atoms. The molecule has 0 radical (unpaired) electrons. The van der Waals surface area contributed by atoms with E-state index in [1.807, 2.05) is 0 Å². The Kier molecular flexibility index (Phi) is 2.52. The van der Waals surface area contributed by atoms with Gasteiger partial charge in [0, 0.05) is 12.6 Å². The van der Waals surface area contributed by atoms with E-state index in [2.05, 4.69) is 5.32 Å². The molecule has 3 unspecified atom stereocenters. The predicted molar refractivity (Wildman–Crippen MR) is 60.7 cm³/mol. The van der Waals surface area contributed by atoms with Crippen molar-refractivity contribution < 1.29 is 5.11 Å². The van der Waals surface area contributed by atoms with Crippen LogP contribution in [0.4, 0.5) is 0 Å². The molecule has 0 heterocycles. The van der Waals surface area contributed by atoms with Gasteiger partial charge in [0.1, 0.15) is 0 Å². The standard InChI is InChI=1S/C13H23NO/c15-13(5-1-2-6-13)9-14-12-8-10-3-4-11(12)7-10/h10-12,14-15H,1-9H2. The van der Waals surface area contributed by atoms with Crippen LogP contribution in [0.1, 0.15) is 51.4 Å². The van der Waals surface area contributed by atoms with Crippen LogP contribution in [0.5, 0.6) is 0 Å². The van der Waals surface area contributed by atoms with Crippen LogP contribution in [0, 0.1) is 11.8 Å². The second-order valence-corrected chi connectivity index (χ2v) is 6.09. The van der Waals surface area contributed by atoms with Gasteiger partial charge in [-0.3, -0.25) is 0 Å². The van der Waals surface area contributed by atoms with Crippen LogP contribution in [0.2, 0.25) is 0 Å². The highest BCUT2D eigenvalue weighted by Gasteiger charge is 2.40. The Morgan fingerprint density at radius 3 is 2.53 bits per heavy atom. The van der Waals surface area contributed by atoms with E-state index >= 15 is 0 Å². The maximum absolute atomic E-state index is 10.3. The van der Waals surface area contributed by atoms with Crippen LogP contribution in [-0.4, -0.2) is 23.3 Å². The van der Waals surface area contributed by atoms with Crippen LogP contribution in [0.25, 0.3) is 0 Å². The first-order valence-electron chi connectivity index (χ1n) is 6.71. The monoisotopic (exact) mass is 209 g/mol. The summed E-state index contributed by atoms with van der Waals surface area (Å²) in [5, 5.41) is 13.9. The molecule has 15 heavy (non-hydrogen) atoms. The van der Waals surface area contributed by atoms with Gasteiger partial charge in [0.25, 0.3) is 0 Å². The maximum Gasteiger partial charge on any atom is 0.0771 e. The lowest BCUT2D eigenvalue weighted by Gasteiger charge is -2.29. The molecule has 0 aromatic rings. The van der Waals surface area contributed by atoms with E-state index in [1.165, 1.54) is 38.5 Å². The summed E-state index contributed by atoms with van der Waals surface area (Å²) >= 11 is 0. The minimum absolute atomic E-state index is 0.359. The summed E-state index contributed by atoms with van der Waals surface area (Å²) in [6, 6.07) is 0.730. The van der Waals surface area contributed by atoms with Crippen LogP contribution in [0.3, 0.4) is 0 Å². The molecule has 0 aliphatic heterocycles. The molecule has 3 fully saturated rings. The summed E-state index contributed by atoms with van der Waals surface area (Å²) in [4.78, 5) is 0. The molecular formula is C13H23NO. The molecule has 3 saturated carbocycles. The number of hydrogen-bond acceptors (Lipinski definition) is 2. The van der Waals surface area contributed by atoms with Gasteiger partial charge in [-0.25, -0.2) is 0 Å². The van der Waals surface area contributed by atoms with Gasteiger partial charge in [0.15, 0.2) is 0 Å². The molecule has 3 aliphatic carbocycles. The van der Waals surface area contributed by atoms with Gasteiger partial charge < -0.3 is 10.4 Å². The predicted octanol–water partition coefficient (Wildman–Crippen LogP) is 2.07. The highest BCUT2D eigenvalue weighted by molar-refractivity contribution is 4.96. The van der Waals surface area contributed by atoms with Crippen LogP contribution >= 0.6 is 0 Å². The zero-order chi connectivity index (χ0) is 10.3. The van der Waals surface area contributed by atoms with Gasteiger partial charge in [0.05, 0.1) is 5.60 Å². The molecule has 2 N–H and O–H groups in total. The Hall–Kier alpha value is -0.0800. The molecule has 2 nitrogen and oxygen atoms in total. The number of nitrogens with one attached hydrogen (secondary N) is 1. The van der Waals surface area contributed by atoms with Crippen LogP contribution in [0.15, 0.2) is 0 Å².